The van der Waals surface area contributed by atoms with Gasteiger partial charge >= 0.3 is 12.1 Å². The zero-order valence-corrected chi connectivity index (χ0v) is 14.6. The maximum atomic E-state index is 11.9. The Labute approximate surface area is 145 Å². The number of carbonyl (C=O) groups excluding carboxylic acids is 2. The number of nitrogens with one attached hydrogen (secondary N) is 1. The molecule has 1 fully saturated rings. The van der Waals surface area contributed by atoms with Crippen molar-refractivity contribution in [2.24, 2.45) is 0 Å². The van der Waals surface area contributed by atoms with E-state index in [1.165, 1.54) is 30.2 Å². The number of likely N-dealkylation sites (tertiary alicyclic amines) is 1. The lowest BCUT2D eigenvalue weighted by Gasteiger charge is -2.40. The number of carbonyl (C=O) groups is 2. The molecule has 0 aliphatic carbocycles. The number of nitro benzene ring substituents is 1. The average molecular weight is 351 g/mol. The van der Waals surface area contributed by atoms with E-state index < -0.39 is 22.6 Å². The Morgan fingerprint density at radius 3 is 2.48 bits per heavy atom. The second kappa shape index (κ2) is 6.96. The summed E-state index contributed by atoms with van der Waals surface area (Å²) in [4.78, 5) is 35.6. The number of hydrogen-bond donors (Lipinski definition) is 1. The van der Waals surface area contributed by atoms with Crippen molar-refractivity contribution >= 4 is 23.4 Å². The summed E-state index contributed by atoms with van der Waals surface area (Å²) in [5, 5.41) is 14.2. The minimum atomic E-state index is -0.582. The number of rotatable bonds is 4. The lowest BCUT2D eigenvalue weighted by atomic mass is 10.1. The van der Waals surface area contributed by atoms with Crippen molar-refractivity contribution in [2.75, 3.05) is 25.5 Å². The summed E-state index contributed by atoms with van der Waals surface area (Å²) in [7, 11) is 1.24. The Balaban J connectivity index is 2.05. The van der Waals surface area contributed by atoms with Gasteiger partial charge in [-0.2, -0.15) is 0 Å². The Morgan fingerprint density at radius 1 is 1.32 bits per heavy atom. The van der Waals surface area contributed by atoms with Gasteiger partial charge < -0.3 is 19.7 Å². The number of methoxy groups -OCH3 is 1. The molecule has 136 valence electrons. The molecule has 1 amide bonds. The van der Waals surface area contributed by atoms with Crippen LogP contribution in [0, 0.1) is 10.1 Å². The van der Waals surface area contributed by atoms with Crippen LogP contribution in [0.15, 0.2) is 18.2 Å². The molecule has 1 aromatic carbocycles. The molecule has 0 spiro atoms. The van der Waals surface area contributed by atoms with Crippen molar-refractivity contribution in [3.05, 3.63) is 33.9 Å². The van der Waals surface area contributed by atoms with Gasteiger partial charge in [0.15, 0.2) is 0 Å². The number of hydrogen-bond acceptors (Lipinski definition) is 7. The van der Waals surface area contributed by atoms with E-state index in [-0.39, 0.29) is 23.0 Å². The SMILES string of the molecule is COC(=O)c1ccc([N+](=O)[O-])c(NC2CN(C(=O)OC(C)(C)C)C2)c1. The monoisotopic (exact) mass is 351 g/mol. The van der Waals surface area contributed by atoms with Gasteiger partial charge in [0.25, 0.3) is 5.69 Å². The van der Waals surface area contributed by atoms with Gasteiger partial charge in [-0.25, -0.2) is 9.59 Å². The number of benzene rings is 1. The largest absolute Gasteiger partial charge is 0.465 e. The number of ether oxygens (including phenoxy) is 2. The van der Waals surface area contributed by atoms with Crippen molar-refractivity contribution in [1.82, 2.24) is 4.90 Å². The third-order valence-corrected chi connectivity index (χ3v) is 3.51. The Morgan fingerprint density at radius 2 is 1.96 bits per heavy atom. The summed E-state index contributed by atoms with van der Waals surface area (Å²) >= 11 is 0. The van der Waals surface area contributed by atoms with Crippen molar-refractivity contribution in [3.8, 4) is 0 Å². The standard InChI is InChI=1S/C16H21N3O6/c1-16(2,3)25-15(21)18-8-11(9-18)17-12-7-10(14(20)24-4)5-6-13(12)19(22)23/h5-7,11,17H,8-9H2,1-4H3. The fourth-order valence-corrected chi connectivity index (χ4v) is 2.32. The molecular formula is C16H21N3O6. The van der Waals surface area contributed by atoms with Crippen LogP contribution in [0.4, 0.5) is 16.2 Å². The predicted molar refractivity (Wildman–Crippen MR) is 89.7 cm³/mol. The molecule has 1 heterocycles. The van der Waals surface area contributed by atoms with E-state index in [9.17, 15) is 19.7 Å². The highest BCUT2D eigenvalue weighted by atomic mass is 16.6. The molecule has 1 aromatic rings. The summed E-state index contributed by atoms with van der Waals surface area (Å²) in [6.07, 6.45) is -0.427. The molecule has 9 nitrogen and oxygen atoms in total. The van der Waals surface area contributed by atoms with Crippen LogP contribution in [0.25, 0.3) is 0 Å². The van der Waals surface area contributed by atoms with Crippen LogP contribution in [0.2, 0.25) is 0 Å². The third-order valence-electron chi connectivity index (χ3n) is 3.51. The number of nitrogens with zero attached hydrogens (tertiary/aromatic N) is 2. The molecule has 25 heavy (non-hydrogen) atoms. The summed E-state index contributed by atoms with van der Waals surface area (Å²) < 4.78 is 9.88. The molecule has 1 aliphatic rings. The molecule has 2 rings (SSSR count). The zero-order chi connectivity index (χ0) is 18.8. The topological polar surface area (TPSA) is 111 Å². The summed E-state index contributed by atoms with van der Waals surface area (Å²) in [6, 6.07) is 3.79. The first-order chi connectivity index (χ1) is 11.6. The molecule has 0 saturated carbocycles. The van der Waals surface area contributed by atoms with Crippen LogP contribution in [0.1, 0.15) is 31.1 Å². The van der Waals surface area contributed by atoms with E-state index in [4.69, 9.17) is 4.74 Å². The normalized spacial score (nSPS) is 14.5. The third kappa shape index (κ3) is 4.59. The Hall–Kier alpha value is -2.84. The first-order valence-corrected chi connectivity index (χ1v) is 7.72. The van der Waals surface area contributed by atoms with Gasteiger partial charge in [-0.3, -0.25) is 10.1 Å². The van der Waals surface area contributed by atoms with Gasteiger partial charge in [0.1, 0.15) is 11.3 Å². The molecule has 1 saturated heterocycles. The maximum Gasteiger partial charge on any atom is 0.410 e. The highest BCUT2D eigenvalue weighted by Crippen LogP contribution is 2.28. The Kier molecular flexibility index (Phi) is 5.15. The first-order valence-electron chi connectivity index (χ1n) is 7.72. The second-order valence-electron chi connectivity index (χ2n) is 6.71. The number of esters is 1. The number of nitro groups is 1. The predicted octanol–water partition coefficient (Wildman–Crippen LogP) is 2.41. The average Bonchev–Trinajstić information content (AvgIpc) is 2.47. The van der Waals surface area contributed by atoms with Crippen LogP contribution < -0.4 is 5.32 Å². The van der Waals surface area contributed by atoms with Gasteiger partial charge in [-0.1, -0.05) is 0 Å². The van der Waals surface area contributed by atoms with Gasteiger partial charge in [0.2, 0.25) is 0 Å². The molecular weight excluding hydrogens is 330 g/mol. The highest BCUT2D eigenvalue weighted by Gasteiger charge is 2.34. The van der Waals surface area contributed by atoms with E-state index in [1.807, 2.05) is 0 Å². The summed E-state index contributed by atoms with van der Waals surface area (Å²) in [5.41, 5.74) is -0.313. The smallest absolute Gasteiger partial charge is 0.410 e. The van der Waals surface area contributed by atoms with Crippen molar-refractivity contribution in [2.45, 2.75) is 32.4 Å². The van der Waals surface area contributed by atoms with Crippen molar-refractivity contribution in [1.29, 1.82) is 0 Å². The molecule has 0 aromatic heterocycles. The molecule has 1 aliphatic heterocycles. The van der Waals surface area contributed by atoms with E-state index in [0.29, 0.717) is 13.1 Å². The fraction of sp³-hybridized carbons (Fsp3) is 0.500. The lowest BCUT2D eigenvalue weighted by molar-refractivity contribution is -0.384. The van der Waals surface area contributed by atoms with Gasteiger partial charge in [0.05, 0.1) is 23.6 Å². The molecule has 0 unspecified atom stereocenters. The quantitative estimate of drug-likeness (QED) is 0.504. The van der Waals surface area contributed by atoms with E-state index in [1.54, 1.807) is 20.8 Å². The zero-order valence-electron chi connectivity index (χ0n) is 14.6. The van der Waals surface area contributed by atoms with Crippen LogP contribution in [0.5, 0.6) is 0 Å². The fourth-order valence-electron chi connectivity index (χ4n) is 2.32. The van der Waals surface area contributed by atoms with Gasteiger partial charge in [-0.15, -0.1) is 0 Å². The summed E-state index contributed by atoms with van der Waals surface area (Å²) in [6.45, 7) is 6.05. The van der Waals surface area contributed by atoms with Crippen LogP contribution in [-0.2, 0) is 9.47 Å². The number of amides is 1. The van der Waals surface area contributed by atoms with Gasteiger partial charge in [0, 0.05) is 19.2 Å². The van der Waals surface area contributed by atoms with E-state index in [0.717, 1.165) is 0 Å². The van der Waals surface area contributed by atoms with Crippen molar-refractivity contribution < 1.29 is 24.0 Å². The lowest BCUT2D eigenvalue weighted by Crippen LogP contribution is -2.57. The summed E-state index contributed by atoms with van der Waals surface area (Å²) in [5.74, 6) is -0.582. The first kappa shape index (κ1) is 18.5. The minimum Gasteiger partial charge on any atom is -0.465 e. The van der Waals surface area contributed by atoms with Crippen LogP contribution in [-0.4, -0.2) is 53.7 Å². The minimum absolute atomic E-state index is 0.150. The molecule has 1 N–H and O–H groups in total. The highest BCUT2D eigenvalue weighted by molar-refractivity contribution is 5.91. The Bertz CT molecular complexity index is 692. The van der Waals surface area contributed by atoms with Crippen molar-refractivity contribution in [3.63, 3.8) is 0 Å². The molecule has 0 radical (unpaired) electrons. The van der Waals surface area contributed by atoms with E-state index in [2.05, 4.69) is 10.1 Å². The maximum absolute atomic E-state index is 11.9. The second-order valence-corrected chi connectivity index (χ2v) is 6.71. The van der Waals surface area contributed by atoms with Gasteiger partial charge in [-0.05, 0) is 32.9 Å². The van der Waals surface area contributed by atoms with Crippen LogP contribution in [0.3, 0.4) is 0 Å². The molecule has 9 heteroatoms. The van der Waals surface area contributed by atoms with E-state index >= 15 is 0 Å². The molecule has 0 bridgehead atoms. The number of anilines is 1. The van der Waals surface area contributed by atoms with Crippen LogP contribution >= 0.6 is 0 Å². The molecule has 0 atom stereocenters.